The number of nitrogens with one attached hydrogen (secondary N) is 1. The Morgan fingerprint density at radius 1 is 1.25 bits per heavy atom. The highest BCUT2D eigenvalue weighted by molar-refractivity contribution is 7.99. The van der Waals surface area contributed by atoms with Crippen molar-refractivity contribution in [1.29, 1.82) is 0 Å². The summed E-state index contributed by atoms with van der Waals surface area (Å²) in [6.45, 7) is 4.37. The van der Waals surface area contributed by atoms with E-state index in [2.05, 4.69) is 50.5 Å². The lowest BCUT2D eigenvalue weighted by molar-refractivity contribution is 0.617. The second-order valence-corrected chi connectivity index (χ2v) is 5.40. The second kappa shape index (κ2) is 7.75. The van der Waals surface area contributed by atoms with Crippen molar-refractivity contribution in [1.82, 2.24) is 5.32 Å². The highest BCUT2D eigenvalue weighted by Crippen LogP contribution is 2.10. The number of hydrogen-bond donors (Lipinski definition) is 1. The number of rotatable bonds is 7. The Kier molecular flexibility index (Phi) is 6.58. The van der Waals surface area contributed by atoms with E-state index in [1.165, 1.54) is 29.1 Å². The van der Waals surface area contributed by atoms with Crippen molar-refractivity contribution in [2.45, 2.75) is 32.7 Å². The molecule has 1 atom stereocenters. The van der Waals surface area contributed by atoms with Crippen LogP contribution >= 0.6 is 11.8 Å². The zero-order chi connectivity index (χ0) is 11.8. The van der Waals surface area contributed by atoms with Gasteiger partial charge in [0.1, 0.15) is 0 Å². The number of likely N-dealkylation sites (N-methyl/N-ethyl adjacent to an activating group) is 1. The molecule has 0 aliphatic heterocycles. The fraction of sp³-hybridized carbons (Fsp3) is 0.571. The van der Waals surface area contributed by atoms with Gasteiger partial charge in [0.25, 0.3) is 0 Å². The van der Waals surface area contributed by atoms with E-state index in [9.17, 15) is 0 Å². The third-order valence-electron chi connectivity index (χ3n) is 2.68. The Balaban J connectivity index is 2.40. The van der Waals surface area contributed by atoms with Gasteiger partial charge in [0.15, 0.2) is 0 Å². The molecule has 0 aromatic heterocycles. The Morgan fingerprint density at radius 3 is 2.50 bits per heavy atom. The molecule has 0 bridgehead atoms. The predicted octanol–water partition coefficient (Wildman–Crippen LogP) is 3.27. The third-order valence-corrected chi connectivity index (χ3v) is 4.01. The van der Waals surface area contributed by atoms with Gasteiger partial charge in [-0.05, 0) is 38.1 Å². The molecule has 0 aliphatic rings. The average Bonchev–Trinajstić information content (AvgIpc) is 2.31. The van der Waals surface area contributed by atoms with Crippen LogP contribution in [0.15, 0.2) is 24.3 Å². The Hall–Kier alpha value is -0.470. The first-order chi connectivity index (χ1) is 7.76. The van der Waals surface area contributed by atoms with Crippen LogP contribution in [0.2, 0.25) is 0 Å². The first-order valence-electron chi connectivity index (χ1n) is 6.06. The molecule has 0 saturated carbocycles. The quantitative estimate of drug-likeness (QED) is 0.731. The minimum Gasteiger partial charge on any atom is -0.316 e. The maximum atomic E-state index is 3.40. The Morgan fingerprint density at radius 2 is 1.94 bits per heavy atom. The van der Waals surface area contributed by atoms with Crippen LogP contribution in [0.25, 0.3) is 0 Å². The summed E-state index contributed by atoms with van der Waals surface area (Å²) in [5.74, 6) is 2.48. The van der Waals surface area contributed by atoms with Gasteiger partial charge in [0, 0.05) is 11.8 Å². The van der Waals surface area contributed by atoms with Gasteiger partial charge >= 0.3 is 0 Å². The molecule has 1 N–H and O–H groups in total. The zero-order valence-corrected chi connectivity index (χ0v) is 11.4. The van der Waals surface area contributed by atoms with E-state index in [0.717, 1.165) is 6.42 Å². The third kappa shape index (κ3) is 5.04. The molecule has 0 radical (unpaired) electrons. The van der Waals surface area contributed by atoms with Gasteiger partial charge in [-0.3, -0.25) is 0 Å². The van der Waals surface area contributed by atoms with Crippen molar-refractivity contribution < 1.29 is 0 Å². The summed E-state index contributed by atoms with van der Waals surface area (Å²) < 4.78 is 0. The number of aryl methyl sites for hydroxylation is 1. The van der Waals surface area contributed by atoms with Gasteiger partial charge in [-0.25, -0.2) is 0 Å². The van der Waals surface area contributed by atoms with Crippen LogP contribution in [0, 0.1) is 6.92 Å². The maximum absolute atomic E-state index is 3.40. The van der Waals surface area contributed by atoms with Crippen molar-refractivity contribution in [3.63, 3.8) is 0 Å². The van der Waals surface area contributed by atoms with E-state index in [1.54, 1.807) is 0 Å². The lowest BCUT2D eigenvalue weighted by atomic mass is 10.1. The first kappa shape index (κ1) is 13.6. The van der Waals surface area contributed by atoms with E-state index in [0.29, 0.717) is 6.04 Å². The molecule has 0 aliphatic carbocycles. The van der Waals surface area contributed by atoms with Crippen LogP contribution in [-0.2, 0) is 6.42 Å². The maximum Gasteiger partial charge on any atom is 0.0195 e. The van der Waals surface area contributed by atoms with Crippen LogP contribution in [-0.4, -0.2) is 24.6 Å². The number of benzene rings is 1. The van der Waals surface area contributed by atoms with Crippen molar-refractivity contribution >= 4 is 11.8 Å². The van der Waals surface area contributed by atoms with Gasteiger partial charge in [0.05, 0.1) is 0 Å². The lowest BCUT2D eigenvalue weighted by Gasteiger charge is -2.15. The van der Waals surface area contributed by atoms with E-state index in [4.69, 9.17) is 0 Å². The highest BCUT2D eigenvalue weighted by atomic mass is 32.2. The molecular formula is C14H23NS. The van der Waals surface area contributed by atoms with Gasteiger partial charge in [-0.2, -0.15) is 11.8 Å². The molecule has 16 heavy (non-hydrogen) atoms. The van der Waals surface area contributed by atoms with E-state index in [1.807, 2.05) is 11.8 Å². The first-order valence-corrected chi connectivity index (χ1v) is 7.22. The molecule has 1 rings (SSSR count). The number of hydrogen-bond acceptors (Lipinski definition) is 2. The summed E-state index contributed by atoms with van der Waals surface area (Å²) in [6.07, 6.45) is 2.40. The summed E-state index contributed by atoms with van der Waals surface area (Å²) in [6, 6.07) is 9.47. The fourth-order valence-corrected chi connectivity index (χ4v) is 2.65. The molecule has 1 nitrogen and oxygen atoms in total. The van der Waals surface area contributed by atoms with Crippen molar-refractivity contribution in [2.75, 3.05) is 18.6 Å². The molecule has 0 heterocycles. The molecule has 0 spiro atoms. The van der Waals surface area contributed by atoms with Crippen molar-refractivity contribution in [3.8, 4) is 0 Å². The monoisotopic (exact) mass is 237 g/mol. The van der Waals surface area contributed by atoms with Gasteiger partial charge in [0.2, 0.25) is 0 Å². The van der Waals surface area contributed by atoms with Crippen LogP contribution in [0.1, 0.15) is 24.5 Å². The Bertz CT molecular complexity index is 281. The molecule has 0 fully saturated rings. The van der Waals surface area contributed by atoms with Gasteiger partial charge in [-0.15, -0.1) is 0 Å². The number of thioether (sulfide) groups is 1. The van der Waals surface area contributed by atoms with Crippen LogP contribution in [0.4, 0.5) is 0 Å². The van der Waals surface area contributed by atoms with Crippen molar-refractivity contribution in [3.05, 3.63) is 35.4 Å². The van der Waals surface area contributed by atoms with Crippen LogP contribution in [0.5, 0.6) is 0 Å². The average molecular weight is 237 g/mol. The molecule has 0 amide bonds. The Labute approximate surface area is 104 Å². The molecule has 1 aromatic rings. The standard InChI is InChI=1S/C14H23NS/c1-4-9-16-11-14(15-3)10-13-7-5-12(2)6-8-13/h5-8,14-15H,4,9-11H2,1-3H3. The smallest absolute Gasteiger partial charge is 0.0195 e. The molecule has 0 saturated heterocycles. The topological polar surface area (TPSA) is 12.0 Å². The molecular weight excluding hydrogens is 214 g/mol. The van der Waals surface area contributed by atoms with Crippen LogP contribution in [0.3, 0.4) is 0 Å². The van der Waals surface area contributed by atoms with Crippen molar-refractivity contribution in [2.24, 2.45) is 0 Å². The fourth-order valence-electron chi connectivity index (χ4n) is 1.62. The van der Waals surface area contributed by atoms with Gasteiger partial charge in [-0.1, -0.05) is 36.8 Å². The summed E-state index contributed by atoms with van der Waals surface area (Å²) >= 11 is 2.05. The zero-order valence-electron chi connectivity index (χ0n) is 10.6. The van der Waals surface area contributed by atoms with Gasteiger partial charge < -0.3 is 5.32 Å². The summed E-state index contributed by atoms with van der Waals surface area (Å²) in [5.41, 5.74) is 2.77. The lowest BCUT2D eigenvalue weighted by Crippen LogP contribution is -2.30. The highest BCUT2D eigenvalue weighted by Gasteiger charge is 2.06. The molecule has 1 aromatic carbocycles. The SMILES string of the molecule is CCCSCC(Cc1ccc(C)cc1)NC. The summed E-state index contributed by atoms with van der Waals surface area (Å²) in [5, 5.41) is 3.40. The van der Waals surface area contributed by atoms with E-state index in [-0.39, 0.29) is 0 Å². The molecule has 90 valence electrons. The van der Waals surface area contributed by atoms with Crippen LogP contribution < -0.4 is 5.32 Å². The second-order valence-electron chi connectivity index (χ2n) is 4.25. The van der Waals surface area contributed by atoms with E-state index >= 15 is 0 Å². The molecule has 2 heteroatoms. The summed E-state index contributed by atoms with van der Waals surface area (Å²) in [7, 11) is 2.06. The minimum absolute atomic E-state index is 0.597. The summed E-state index contributed by atoms with van der Waals surface area (Å²) in [4.78, 5) is 0. The molecule has 1 unspecified atom stereocenters. The van der Waals surface area contributed by atoms with E-state index < -0.39 is 0 Å². The predicted molar refractivity (Wildman–Crippen MR) is 75.3 cm³/mol. The largest absolute Gasteiger partial charge is 0.316 e. The minimum atomic E-state index is 0.597. The normalized spacial score (nSPS) is 12.7.